The molecule has 0 aromatic heterocycles. The monoisotopic (exact) mass is 344 g/mol. The molecule has 0 saturated carbocycles. The maximum Gasteiger partial charge on any atom is 0.319 e. The molecule has 0 fully saturated rings. The molecule has 2 aromatic carbocycles. The van der Waals surface area contributed by atoms with Gasteiger partial charge >= 0.3 is 6.03 Å². The largest absolute Gasteiger partial charge is 0.334 e. The van der Waals surface area contributed by atoms with Crippen LogP contribution in [0, 0.1) is 0 Å². The van der Waals surface area contributed by atoms with Crippen molar-refractivity contribution >= 4 is 22.5 Å². The molecule has 0 spiro atoms. The Morgan fingerprint density at radius 1 is 1.00 bits per heavy atom. The van der Waals surface area contributed by atoms with E-state index in [4.69, 9.17) is 0 Å². The van der Waals surface area contributed by atoms with Crippen LogP contribution < -0.4 is 10.6 Å². The van der Waals surface area contributed by atoms with Crippen LogP contribution in [0.2, 0.25) is 0 Å². The lowest BCUT2D eigenvalue weighted by molar-refractivity contribution is 0.251. The number of urea groups is 1. The fraction of sp³-hybridized carbons (Fsp3) is 0.316. The number of nitrogens with one attached hydrogen (secondary N) is 2. The Hall–Kier alpha value is -2.14. The summed E-state index contributed by atoms with van der Waals surface area (Å²) in [5.74, 6) is 0.477. The molecule has 5 heteroatoms. The molecule has 0 saturated heterocycles. The van der Waals surface area contributed by atoms with Gasteiger partial charge in [0.05, 0.1) is 0 Å². The number of rotatable bonds is 5. The molecule has 0 radical (unpaired) electrons. The topological polar surface area (TPSA) is 58.2 Å². The van der Waals surface area contributed by atoms with E-state index in [0.29, 0.717) is 18.0 Å². The molecule has 2 aromatic rings. The molecule has 0 aliphatic rings. The van der Waals surface area contributed by atoms with Crippen molar-refractivity contribution in [2.24, 2.45) is 0 Å². The first-order chi connectivity index (χ1) is 11.3. The summed E-state index contributed by atoms with van der Waals surface area (Å²) in [5.41, 5.74) is 2.69. The highest BCUT2D eigenvalue weighted by Gasteiger charge is 2.19. The molecule has 2 N–H and O–H groups in total. The highest BCUT2D eigenvalue weighted by atomic mass is 32.2. The maximum absolute atomic E-state index is 12.2. The zero-order chi connectivity index (χ0) is 17.6. The lowest BCUT2D eigenvalue weighted by Crippen LogP contribution is -2.28. The summed E-state index contributed by atoms with van der Waals surface area (Å²) >= 11 is 0. The van der Waals surface area contributed by atoms with E-state index in [0.717, 1.165) is 11.1 Å². The van der Waals surface area contributed by atoms with E-state index in [2.05, 4.69) is 10.6 Å². The predicted molar refractivity (Wildman–Crippen MR) is 100 cm³/mol. The van der Waals surface area contributed by atoms with Gasteiger partial charge < -0.3 is 10.6 Å². The van der Waals surface area contributed by atoms with Gasteiger partial charge in [-0.1, -0.05) is 42.5 Å². The van der Waals surface area contributed by atoms with Crippen LogP contribution in [0.5, 0.6) is 0 Å². The van der Waals surface area contributed by atoms with Crippen molar-refractivity contribution in [3.8, 4) is 0 Å². The van der Waals surface area contributed by atoms with Crippen molar-refractivity contribution in [3.63, 3.8) is 0 Å². The second kappa shape index (κ2) is 8.11. The number of anilines is 1. The highest BCUT2D eigenvalue weighted by Crippen LogP contribution is 2.18. The van der Waals surface area contributed by atoms with Crippen molar-refractivity contribution in [2.45, 2.75) is 37.8 Å². The fourth-order valence-corrected chi connectivity index (χ4v) is 2.98. The Morgan fingerprint density at radius 3 is 2.33 bits per heavy atom. The molecule has 1 atom stereocenters. The lowest BCUT2D eigenvalue weighted by atomic mass is 10.2. The van der Waals surface area contributed by atoms with E-state index in [1.54, 1.807) is 0 Å². The molecule has 1 unspecified atom stereocenters. The molecule has 0 bridgehead atoms. The standard InChI is InChI=1S/C19H24N2O2S/c1-19(2,3)24(23)14-16-10-7-11-17(12-16)21-18(22)20-13-15-8-5-4-6-9-15/h4-12H,13-14H2,1-3H3,(H2,20,21,22). The third-order valence-corrected chi connectivity index (χ3v) is 5.42. The average molecular weight is 344 g/mol. The van der Waals surface area contributed by atoms with E-state index in [9.17, 15) is 9.00 Å². The van der Waals surface area contributed by atoms with Crippen molar-refractivity contribution in [3.05, 3.63) is 65.7 Å². The molecule has 2 rings (SSSR count). The fourth-order valence-electron chi connectivity index (χ4n) is 2.06. The number of benzene rings is 2. The molecule has 2 amide bonds. The molecule has 0 aliphatic heterocycles. The zero-order valence-corrected chi connectivity index (χ0v) is 15.2. The SMILES string of the molecule is CC(C)(C)S(=O)Cc1cccc(NC(=O)NCc2ccccc2)c1. The van der Waals surface area contributed by atoms with Crippen molar-refractivity contribution in [1.82, 2.24) is 5.32 Å². The molecule has 4 nitrogen and oxygen atoms in total. The Balaban J connectivity index is 1.91. The van der Waals surface area contributed by atoms with Crippen LogP contribution in [0.15, 0.2) is 54.6 Å². The first kappa shape index (κ1) is 18.2. The summed E-state index contributed by atoms with van der Waals surface area (Å²) in [6.45, 7) is 6.35. The van der Waals surface area contributed by atoms with Crippen molar-refractivity contribution in [2.75, 3.05) is 5.32 Å². The average Bonchev–Trinajstić information content (AvgIpc) is 2.53. The van der Waals surface area contributed by atoms with Gasteiger partial charge in [0.2, 0.25) is 0 Å². The van der Waals surface area contributed by atoms with E-state index in [1.807, 2.05) is 75.4 Å². The van der Waals surface area contributed by atoms with E-state index in [-0.39, 0.29) is 10.8 Å². The molecular weight excluding hydrogens is 320 g/mol. The third kappa shape index (κ3) is 5.81. The molecule has 24 heavy (non-hydrogen) atoms. The minimum absolute atomic E-state index is 0.253. The smallest absolute Gasteiger partial charge is 0.319 e. The van der Waals surface area contributed by atoms with E-state index in [1.165, 1.54) is 0 Å². The van der Waals surface area contributed by atoms with Crippen LogP contribution in [-0.2, 0) is 23.1 Å². The predicted octanol–water partition coefficient (Wildman–Crippen LogP) is 4.06. The lowest BCUT2D eigenvalue weighted by Gasteiger charge is -2.18. The first-order valence-corrected chi connectivity index (χ1v) is 9.23. The molecule has 0 aliphatic carbocycles. The van der Waals surface area contributed by atoms with Gasteiger partial charge in [-0.3, -0.25) is 4.21 Å². The Labute approximate surface area is 146 Å². The molecule has 0 heterocycles. The second-order valence-corrected chi connectivity index (χ2v) is 8.80. The quantitative estimate of drug-likeness (QED) is 0.859. The van der Waals surface area contributed by atoms with Gasteiger partial charge in [0, 0.05) is 33.5 Å². The summed E-state index contributed by atoms with van der Waals surface area (Å²) in [4.78, 5) is 12.0. The maximum atomic E-state index is 12.2. The van der Waals surface area contributed by atoms with E-state index < -0.39 is 10.8 Å². The Kier molecular flexibility index (Phi) is 6.15. The van der Waals surface area contributed by atoms with Gasteiger partial charge in [0.15, 0.2) is 0 Å². The first-order valence-electron chi connectivity index (χ1n) is 7.91. The van der Waals surface area contributed by atoms with Gasteiger partial charge in [-0.15, -0.1) is 0 Å². The van der Waals surface area contributed by atoms with E-state index >= 15 is 0 Å². The van der Waals surface area contributed by atoms with Gasteiger partial charge in [-0.05, 0) is 44.0 Å². The van der Waals surface area contributed by atoms with Crippen molar-refractivity contribution < 1.29 is 9.00 Å². The Bertz CT molecular complexity index is 709. The summed E-state index contributed by atoms with van der Waals surface area (Å²) in [6, 6.07) is 17.0. The molecular formula is C19H24N2O2S. The molecule has 128 valence electrons. The minimum Gasteiger partial charge on any atom is -0.334 e. The van der Waals surface area contributed by atoms with Gasteiger partial charge in [-0.2, -0.15) is 0 Å². The van der Waals surface area contributed by atoms with Crippen LogP contribution in [-0.4, -0.2) is 15.0 Å². The van der Waals surface area contributed by atoms with Crippen LogP contribution in [0.1, 0.15) is 31.9 Å². The van der Waals surface area contributed by atoms with Crippen molar-refractivity contribution in [1.29, 1.82) is 0 Å². The number of carbonyl (C=O) groups is 1. The van der Waals surface area contributed by atoms with Crippen LogP contribution >= 0.6 is 0 Å². The minimum atomic E-state index is -0.966. The summed E-state index contributed by atoms with van der Waals surface area (Å²) in [5, 5.41) is 5.64. The van der Waals surface area contributed by atoms with Gasteiger partial charge in [-0.25, -0.2) is 4.79 Å². The number of hydrogen-bond acceptors (Lipinski definition) is 2. The number of hydrogen-bond donors (Lipinski definition) is 2. The highest BCUT2D eigenvalue weighted by molar-refractivity contribution is 7.85. The normalized spacial score (nSPS) is 12.5. The Morgan fingerprint density at radius 2 is 1.67 bits per heavy atom. The van der Waals surface area contributed by atoms with Crippen LogP contribution in [0.4, 0.5) is 10.5 Å². The zero-order valence-electron chi connectivity index (χ0n) is 14.3. The second-order valence-electron chi connectivity index (χ2n) is 6.60. The summed E-state index contributed by atoms with van der Waals surface area (Å²) in [7, 11) is -0.966. The van der Waals surface area contributed by atoms with Gasteiger partial charge in [0.1, 0.15) is 0 Å². The number of amides is 2. The summed E-state index contributed by atoms with van der Waals surface area (Å²) < 4.78 is 12.0. The number of carbonyl (C=O) groups excluding carboxylic acids is 1. The summed E-state index contributed by atoms with van der Waals surface area (Å²) in [6.07, 6.45) is 0. The van der Waals surface area contributed by atoms with Crippen LogP contribution in [0.3, 0.4) is 0 Å². The van der Waals surface area contributed by atoms with Gasteiger partial charge in [0.25, 0.3) is 0 Å². The van der Waals surface area contributed by atoms with Crippen LogP contribution in [0.25, 0.3) is 0 Å². The third-order valence-electron chi connectivity index (χ3n) is 3.46.